The molecule has 0 aliphatic heterocycles. The van der Waals surface area contributed by atoms with Gasteiger partial charge in [0.1, 0.15) is 0 Å². The summed E-state index contributed by atoms with van der Waals surface area (Å²) in [5, 5.41) is 0. The van der Waals surface area contributed by atoms with E-state index in [0.29, 0.717) is 0 Å². The van der Waals surface area contributed by atoms with Crippen molar-refractivity contribution in [3.8, 4) is 0 Å². The first-order chi connectivity index (χ1) is 16.9. The van der Waals surface area contributed by atoms with E-state index < -0.39 is 0 Å². The highest BCUT2D eigenvalue weighted by Gasteiger charge is 2.18. The zero-order chi connectivity index (χ0) is 25.4. The molecule has 0 amide bonds. The van der Waals surface area contributed by atoms with Gasteiger partial charge < -0.3 is 0 Å². The minimum atomic E-state index is 0.0364. The van der Waals surface area contributed by atoms with E-state index in [1.54, 1.807) is 0 Å². The minimum Gasteiger partial charge on any atom is -0.116 e. The quantitative estimate of drug-likeness (QED) is 0.130. The molecule has 0 nitrogen and oxygen atoms in total. The second-order valence-corrected chi connectivity index (χ2v) is 10.8. The van der Waals surface area contributed by atoms with Gasteiger partial charge in [-0.3, -0.25) is 0 Å². The smallest absolute Gasteiger partial charge is 0.00658 e. The van der Waals surface area contributed by atoms with E-state index >= 15 is 0 Å². The summed E-state index contributed by atoms with van der Waals surface area (Å²) in [4.78, 5) is 0. The van der Waals surface area contributed by atoms with Crippen LogP contribution in [0.1, 0.15) is 107 Å². The van der Waals surface area contributed by atoms with Crippen LogP contribution >= 0.6 is 0 Å². The number of aryl methyl sites for hydroxylation is 2. The van der Waals surface area contributed by atoms with E-state index in [9.17, 15) is 0 Å². The van der Waals surface area contributed by atoms with Crippen molar-refractivity contribution < 1.29 is 0 Å². The Balaban J connectivity index is 1.98. The molecule has 188 valence electrons. The summed E-state index contributed by atoms with van der Waals surface area (Å²) < 4.78 is 0. The van der Waals surface area contributed by atoms with Gasteiger partial charge in [-0.05, 0) is 85.1 Å². The molecular weight excluding hydrogens is 420 g/mol. The molecule has 0 aliphatic carbocycles. The van der Waals surface area contributed by atoms with E-state index in [1.807, 2.05) is 12.2 Å². The maximum absolute atomic E-state index is 3.81. The summed E-state index contributed by atoms with van der Waals surface area (Å²) >= 11 is 0. The molecule has 0 radical (unpaired) electrons. The first-order valence-corrected chi connectivity index (χ1v) is 13.8. The second-order valence-electron chi connectivity index (χ2n) is 10.8. The highest BCUT2D eigenvalue weighted by Crippen LogP contribution is 2.33. The van der Waals surface area contributed by atoms with Crippen molar-refractivity contribution >= 4 is 11.6 Å². The molecule has 0 saturated carbocycles. The minimum absolute atomic E-state index is 0.0364. The van der Waals surface area contributed by atoms with Gasteiger partial charge in [0.05, 0.1) is 0 Å². The molecule has 0 heterocycles. The van der Waals surface area contributed by atoms with Crippen LogP contribution in [0.25, 0.3) is 11.6 Å². The van der Waals surface area contributed by atoms with Crippen molar-refractivity contribution in [1.82, 2.24) is 0 Å². The third kappa shape index (κ3) is 11.6. The molecule has 0 bridgehead atoms. The first kappa shape index (κ1) is 28.7. The van der Waals surface area contributed by atoms with Crippen LogP contribution in [0.5, 0.6) is 0 Å². The topological polar surface area (TPSA) is 0 Å². The van der Waals surface area contributed by atoms with E-state index in [0.717, 1.165) is 12.8 Å². The maximum Gasteiger partial charge on any atom is 0.00658 e. The fraction of sp³-hybridized carbons (Fsp3) is 0.457. The van der Waals surface area contributed by atoms with Crippen LogP contribution < -0.4 is 0 Å². The number of allylic oxidation sites excluding steroid dienone is 3. The highest BCUT2D eigenvalue weighted by molar-refractivity contribution is 5.72. The van der Waals surface area contributed by atoms with Crippen LogP contribution in [0.15, 0.2) is 79.6 Å². The molecule has 2 aromatic rings. The second kappa shape index (κ2) is 16.2. The Morgan fingerprint density at radius 1 is 0.657 bits per heavy atom. The average molecular weight is 469 g/mol. The number of hydrogen-bond donors (Lipinski definition) is 0. The molecule has 0 fully saturated rings. The van der Waals surface area contributed by atoms with Gasteiger partial charge in [-0.25, -0.2) is 0 Å². The lowest BCUT2D eigenvalue weighted by Gasteiger charge is -2.21. The summed E-state index contributed by atoms with van der Waals surface area (Å²) in [5.41, 5.74) is 10.3. The molecule has 0 unspecified atom stereocenters. The van der Waals surface area contributed by atoms with Crippen LogP contribution in [0.3, 0.4) is 0 Å². The molecule has 2 rings (SSSR count). The molecule has 0 aliphatic rings. The Morgan fingerprint density at radius 2 is 1.11 bits per heavy atom. The SMILES string of the molecule is C=CCCCCCCc1ccc(C=C=C(c2ccc(CCCCCCC=C)cc2)C(C)(C)C)cc1. The van der Waals surface area contributed by atoms with Crippen LogP contribution in [-0.2, 0) is 12.8 Å². The van der Waals surface area contributed by atoms with Gasteiger partial charge in [0.25, 0.3) is 0 Å². The molecule has 35 heavy (non-hydrogen) atoms. The van der Waals surface area contributed by atoms with Gasteiger partial charge in [-0.1, -0.05) is 107 Å². The standard InChI is InChI=1S/C35H48/c1-6-8-10-12-14-16-18-30-20-22-32(23-21-30)26-29-34(35(3,4)5)33-27-24-31(25-28-33)19-17-15-13-11-9-7-2/h6-7,20-28H,1-2,8-19H2,3-5H3. The summed E-state index contributed by atoms with van der Waals surface area (Å²) in [5.74, 6) is 0. The lowest BCUT2D eigenvalue weighted by atomic mass is 9.82. The maximum atomic E-state index is 3.81. The predicted octanol–water partition coefficient (Wildman–Crippen LogP) is 10.8. The van der Waals surface area contributed by atoms with Gasteiger partial charge in [-0.15, -0.1) is 18.9 Å². The van der Waals surface area contributed by atoms with Crippen molar-refractivity contribution in [3.05, 3.63) is 102 Å². The Kier molecular flexibility index (Phi) is 13.3. The van der Waals surface area contributed by atoms with E-state index in [1.165, 1.54) is 92.0 Å². The van der Waals surface area contributed by atoms with Crippen LogP contribution in [0.2, 0.25) is 0 Å². The molecule has 0 atom stereocenters. The van der Waals surface area contributed by atoms with Crippen molar-refractivity contribution in [2.75, 3.05) is 0 Å². The van der Waals surface area contributed by atoms with Crippen LogP contribution in [-0.4, -0.2) is 0 Å². The molecule has 0 spiro atoms. The molecule has 0 saturated heterocycles. The number of benzene rings is 2. The fourth-order valence-electron chi connectivity index (χ4n) is 4.45. The van der Waals surface area contributed by atoms with Crippen molar-refractivity contribution in [2.45, 2.75) is 97.8 Å². The van der Waals surface area contributed by atoms with Gasteiger partial charge in [0.15, 0.2) is 0 Å². The van der Waals surface area contributed by atoms with Gasteiger partial charge in [0.2, 0.25) is 0 Å². The normalized spacial score (nSPS) is 11.1. The summed E-state index contributed by atoms with van der Waals surface area (Å²) in [7, 11) is 0. The molecule has 0 aromatic heterocycles. The van der Waals surface area contributed by atoms with E-state index in [-0.39, 0.29) is 5.41 Å². The van der Waals surface area contributed by atoms with E-state index in [2.05, 4.69) is 94.3 Å². The third-order valence-electron chi connectivity index (χ3n) is 6.60. The highest BCUT2D eigenvalue weighted by atomic mass is 14.2. The van der Waals surface area contributed by atoms with Crippen LogP contribution in [0, 0.1) is 5.41 Å². The Morgan fingerprint density at radius 3 is 1.57 bits per heavy atom. The fourth-order valence-corrected chi connectivity index (χ4v) is 4.45. The zero-order valence-electron chi connectivity index (χ0n) is 22.8. The van der Waals surface area contributed by atoms with Gasteiger partial charge in [-0.2, -0.15) is 0 Å². The van der Waals surface area contributed by atoms with Crippen molar-refractivity contribution in [3.63, 3.8) is 0 Å². The third-order valence-corrected chi connectivity index (χ3v) is 6.60. The molecule has 0 heteroatoms. The lowest BCUT2D eigenvalue weighted by Crippen LogP contribution is -2.07. The summed E-state index contributed by atoms with van der Waals surface area (Å²) in [6, 6.07) is 18.2. The number of rotatable bonds is 16. The first-order valence-electron chi connectivity index (χ1n) is 13.8. The number of hydrogen-bond acceptors (Lipinski definition) is 0. The molecule has 2 aromatic carbocycles. The lowest BCUT2D eigenvalue weighted by molar-refractivity contribution is 0.567. The Hall–Kier alpha value is -2.56. The number of unbranched alkanes of at least 4 members (excludes halogenated alkanes) is 8. The van der Waals surface area contributed by atoms with Crippen LogP contribution in [0.4, 0.5) is 0 Å². The largest absolute Gasteiger partial charge is 0.116 e. The zero-order valence-corrected chi connectivity index (χ0v) is 22.8. The predicted molar refractivity (Wildman–Crippen MR) is 158 cm³/mol. The monoisotopic (exact) mass is 468 g/mol. The Bertz CT molecular complexity index is 925. The van der Waals surface area contributed by atoms with Crippen molar-refractivity contribution in [1.29, 1.82) is 0 Å². The average Bonchev–Trinajstić information content (AvgIpc) is 2.84. The van der Waals surface area contributed by atoms with Crippen molar-refractivity contribution in [2.24, 2.45) is 5.41 Å². The molecular formula is C35H48. The summed E-state index contributed by atoms with van der Waals surface area (Å²) in [6.45, 7) is 14.4. The van der Waals surface area contributed by atoms with Gasteiger partial charge >= 0.3 is 0 Å². The Labute approximate surface area is 216 Å². The summed E-state index contributed by atoms with van der Waals surface area (Å²) in [6.07, 6.45) is 21.1. The van der Waals surface area contributed by atoms with Gasteiger partial charge in [0, 0.05) is 5.57 Å². The molecule has 0 N–H and O–H groups in total. The van der Waals surface area contributed by atoms with E-state index in [4.69, 9.17) is 0 Å².